The monoisotopic (exact) mass is 459 g/mol. The van der Waals surface area contributed by atoms with Gasteiger partial charge in [-0.2, -0.15) is 0 Å². The average Bonchev–Trinajstić information content (AvgIpc) is 2.70. The van der Waals surface area contributed by atoms with E-state index in [0.717, 1.165) is 13.3 Å². The molecule has 8 nitrogen and oxygen atoms in total. The van der Waals surface area contributed by atoms with Gasteiger partial charge in [0.15, 0.2) is 0 Å². The second kappa shape index (κ2) is 9.29. The molecule has 0 fully saturated rings. The molecule has 0 spiro atoms. The van der Waals surface area contributed by atoms with E-state index in [1.807, 2.05) is 41.5 Å². The molecule has 0 aliphatic rings. The summed E-state index contributed by atoms with van der Waals surface area (Å²) in [7, 11) is 2.38. The molecule has 8 heteroatoms. The van der Waals surface area contributed by atoms with Crippen LogP contribution in [0.15, 0.2) is 23.1 Å². The highest BCUT2D eigenvalue weighted by molar-refractivity contribution is 5.92. The van der Waals surface area contributed by atoms with Gasteiger partial charge in [-0.25, -0.2) is 4.79 Å². The highest BCUT2D eigenvalue weighted by Gasteiger charge is 2.32. The number of rotatable bonds is 5. The standard InChI is InChI=1S/C25H33NO7/c1-24(2,3)16-9-13(10-17(21(16)29)25(4,5)6)14(11-18(27)32-7)19-20(28)15(23(31)33-8)12-26-22(19)30/h9-10,12,14,29H,11H2,1-8H3,(H2,26,28,30)/t14-/m1/s1. The van der Waals surface area contributed by atoms with Crippen LogP contribution < -0.4 is 5.56 Å². The number of aromatic nitrogens is 1. The molecule has 1 aromatic heterocycles. The van der Waals surface area contributed by atoms with Crippen LogP contribution in [-0.4, -0.2) is 41.4 Å². The Bertz CT molecular complexity index is 1080. The molecule has 0 radical (unpaired) electrons. The number of nitrogens with one attached hydrogen (secondary N) is 1. The molecule has 33 heavy (non-hydrogen) atoms. The minimum atomic E-state index is -0.950. The molecule has 0 unspecified atom stereocenters. The number of hydrogen-bond donors (Lipinski definition) is 3. The third-order valence-electron chi connectivity index (χ3n) is 5.61. The van der Waals surface area contributed by atoms with Gasteiger partial charge < -0.3 is 24.7 Å². The third-order valence-corrected chi connectivity index (χ3v) is 5.61. The molecular formula is C25H33NO7. The van der Waals surface area contributed by atoms with E-state index >= 15 is 0 Å². The van der Waals surface area contributed by atoms with E-state index in [4.69, 9.17) is 9.47 Å². The van der Waals surface area contributed by atoms with Gasteiger partial charge in [-0.05, 0) is 27.5 Å². The van der Waals surface area contributed by atoms with E-state index in [1.54, 1.807) is 12.1 Å². The average molecular weight is 460 g/mol. The predicted molar refractivity (Wildman–Crippen MR) is 124 cm³/mol. The largest absolute Gasteiger partial charge is 0.507 e. The summed E-state index contributed by atoms with van der Waals surface area (Å²) in [5.41, 5.74) is -0.190. The van der Waals surface area contributed by atoms with Gasteiger partial charge in [0.25, 0.3) is 5.56 Å². The number of pyridine rings is 1. The Morgan fingerprint density at radius 3 is 1.88 bits per heavy atom. The maximum Gasteiger partial charge on any atom is 0.343 e. The Labute approximate surface area is 193 Å². The van der Waals surface area contributed by atoms with Crippen molar-refractivity contribution in [2.45, 2.75) is 64.7 Å². The van der Waals surface area contributed by atoms with Crippen LogP contribution in [0.4, 0.5) is 0 Å². The molecule has 3 N–H and O–H groups in total. The first-order valence-corrected chi connectivity index (χ1v) is 10.6. The molecule has 2 rings (SSSR count). The van der Waals surface area contributed by atoms with Gasteiger partial charge in [0.2, 0.25) is 0 Å². The van der Waals surface area contributed by atoms with E-state index in [-0.39, 0.29) is 23.3 Å². The number of methoxy groups -OCH3 is 2. The van der Waals surface area contributed by atoms with E-state index in [0.29, 0.717) is 16.7 Å². The topological polar surface area (TPSA) is 126 Å². The van der Waals surface area contributed by atoms with Crippen LogP contribution in [0.1, 0.15) is 86.5 Å². The Kier molecular flexibility index (Phi) is 7.31. The van der Waals surface area contributed by atoms with Crippen molar-refractivity contribution in [1.82, 2.24) is 4.98 Å². The van der Waals surface area contributed by atoms with Gasteiger partial charge in [-0.1, -0.05) is 53.7 Å². The van der Waals surface area contributed by atoms with Crippen LogP contribution in [0.5, 0.6) is 11.5 Å². The Balaban J connectivity index is 2.95. The maximum absolute atomic E-state index is 12.8. The van der Waals surface area contributed by atoms with Crippen molar-refractivity contribution >= 4 is 11.9 Å². The Morgan fingerprint density at radius 2 is 1.45 bits per heavy atom. The molecule has 1 aromatic carbocycles. The normalized spacial score (nSPS) is 12.8. The number of esters is 2. The zero-order valence-corrected chi connectivity index (χ0v) is 20.5. The summed E-state index contributed by atoms with van der Waals surface area (Å²) in [5, 5.41) is 21.9. The van der Waals surface area contributed by atoms with E-state index in [2.05, 4.69) is 4.98 Å². The van der Waals surface area contributed by atoms with Crippen LogP contribution in [0.2, 0.25) is 0 Å². The fraction of sp³-hybridized carbons (Fsp3) is 0.480. The lowest BCUT2D eigenvalue weighted by molar-refractivity contribution is -0.140. The number of aromatic amines is 1. The number of carbonyl (C=O) groups excluding carboxylic acids is 2. The zero-order valence-electron chi connectivity index (χ0n) is 20.5. The van der Waals surface area contributed by atoms with Crippen molar-refractivity contribution in [3.63, 3.8) is 0 Å². The molecule has 0 aliphatic carbocycles. The first-order chi connectivity index (χ1) is 15.1. The Hall–Kier alpha value is -3.29. The zero-order chi connectivity index (χ0) is 25.3. The molecule has 1 atom stereocenters. The minimum absolute atomic E-state index is 0.136. The lowest BCUT2D eigenvalue weighted by Crippen LogP contribution is -2.24. The van der Waals surface area contributed by atoms with E-state index < -0.39 is 40.0 Å². The summed E-state index contributed by atoms with van der Waals surface area (Å²) in [6.45, 7) is 11.6. The number of phenolic OH excluding ortho intramolecular Hbond substituents is 1. The summed E-state index contributed by atoms with van der Waals surface area (Å²) in [6, 6.07) is 3.45. The number of benzene rings is 1. The van der Waals surface area contributed by atoms with E-state index in [9.17, 15) is 24.6 Å². The Morgan fingerprint density at radius 1 is 0.939 bits per heavy atom. The summed E-state index contributed by atoms with van der Waals surface area (Å²) in [4.78, 5) is 39.8. The summed E-state index contributed by atoms with van der Waals surface area (Å²) < 4.78 is 9.54. The predicted octanol–water partition coefficient (Wildman–Crippen LogP) is 3.86. The van der Waals surface area contributed by atoms with Crippen molar-refractivity contribution in [1.29, 1.82) is 0 Å². The molecule has 1 heterocycles. The minimum Gasteiger partial charge on any atom is -0.507 e. The molecule has 180 valence electrons. The van der Waals surface area contributed by atoms with Gasteiger partial charge in [0.05, 0.1) is 26.2 Å². The van der Waals surface area contributed by atoms with Crippen molar-refractivity contribution in [2.24, 2.45) is 0 Å². The highest BCUT2D eigenvalue weighted by Crippen LogP contribution is 2.43. The van der Waals surface area contributed by atoms with Crippen molar-refractivity contribution in [3.05, 3.63) is 56.5 Å². The molecular weight excluding hydrogens is 426 g/mol. The van der Waals surface area contributed by atoms with Crippen LogP contribution in [0.25, 0.3) is 0 Å². The second-order valence-corrected chi connectivity index (χ2v) is 10.1. The van der Waals surface area contributed by atoms with Crippen molar-refractivity contribution < 1.29 is 29.3 Å². The summed E-state index contributed by atoms with van der Waals surface area (Å²) >= 11 is 0. The summed E-state index contributed by atoms with van der Waals surface area (Å²) in [5.74, 6) is -2.82. The quantitative estimate of drug-likeness (QED) is 0.580. The number of ether oxygens (including phenoxy) is 2. The van der Waals surface area contributed by atoms with Crippen LogP contribution in [0, 0.1) is 0 Å². The first kappa shape index (κ1) is 26.0. The first-order valence-electron chi connectivity index (χ1n) is 10.6. The highest BCUT2D eigenvalue weighted by atomic mass is 16.5. The molecule has 0 aliphatic heterocycles. The number of H-pyrrole nitrogens is 1. The smallest absolute Gasteiger partial charge is 0.343 e. The molecule has 0 saturated carbocycles. The van der Waals surface area contributed by atoms with Gasteiger partial charge in [0.1, 0.15) is 17.1 Å². The molecule has 0 saturated heterocycles. The number of carbonyl (C=O) groups is 2. The lowest BCUT2D eigenvalue weighted by atomic mass is 9.75. The van der Waals surface area contributed by atoms with Crippen LogP contribution >= 0.6 is 0 Å². The van der Waals surface area contributed by atoms with Gasteiger partial charge in [-0.3, -0.25) is 9.59 Å². The number of aromatic hydroxyl groups is 2. The summed E-state index contributed by atoms with van der Waals surface area (Å²) in [6.07, 6.45) is 0.801. The lowest BCUT2D eigenvalue weighted by Gasteiger charge is -2.30. The van der Waals surface area contributed by atoms with Crippen molar-refractivity contribution in [2.75, 3.05) is 14.2 Å². The van der Waals surface area contributed by atoms with Gasteiger partial charge >= 0.3 is 11.9 Å². The van der Waals surface area contributed by atoms with Gasteiger partial charge in [0, 0.05) is 12.1 Å². The van der Waals surface area contributed by atoms with Crippen molar-refractivity contribution in [3.8, 4) is 11.5 Å². The third kappa shape index (κ3) is 5.38. The number of phenols is 1. The molecule has 0 amide bonds. The van der Waals surface area contributed by atoms with Crippen LogP contribution in [0.3, 0.4) is 0 Å². The maximum atomic E-state index is 12.8. The fourth-order valence-corrected chi connectivity index (χ4v) is 3.76. The molecule has 0 bridgehead atoms. The van der Waals surface area contributed by atoms with Gasteiger partial charge in [-0.15, -0.1) is 0 Å². The molecule has 2 aromatic rings. The number of hydrogen-bond acceptors (Lipinski definition) is 7. The fourth-order valence-electron chi connectivity index (χ4n) is 3.76. The van der Waals surface area contributed by atoms with Crippen LogP contribution in [-0.2, 0) is 25.1 Å². The second-order valence-electron chi connectivity index (χ2n) is 10.1. The van der Waals surface area contributed by atoms with E-state index in [1.165, 1.54) is 7.11 Å². The SMILES string of the molecule is COC(=O)C[C@H](c1cc(C(C)(C)C)c(O)c(C(C)(C)C)c1)c1c(O)c(C(=O)OC)c[nH]c1=O.